The molecule has 1 saturated heterocycles. The number of nitrogens with zero attached hydrogens (tertiary/aromatic N) is 3. The van der Waals surface area contributed by atoms with Crippen molar-refractivity contribution < 1.29 is 63.7 Å². The number of alkyl halides is 9. The summed E-state index contributed by atoms with van der Waals surface area (Å²) in [6, 6.07) is 5.61. The standard InChI is InChI=1S/C22H26F4N4.2C2HF3O2/c1-14-9-15(2)28-20(27-14)29-17-11-21(12-17)5-7-30(8-6-21)13-16-3-4-19(23)18(10-16)22(24,25)26;2*3-2(4,5)1(6)7/h3-4,9-10,17H,5-8,11-13H2,1-2H3,(H,27,28,29);2*(H,6,7). The van der Waals surface area contributed by atoms with Gasteiger partial charge in [0.15, 0.2) is 0 Å². The van der Waals surface area contributed by atoms with Crippen LogP contribution in [0.25, 0.3) is 0 Å². The van der Waals surface area contributed by atoms with Gasteiger partial charge in [0.1, 0.15) is 5.82 Å². The minimum atomic E-state index is -5.08. The average molecular weight is 651 g/mol. The predicted molar refractivity (Wildman–Crippen MR) is 134 cm³/mol. The Morgan fingerprint density at radius 3 is 1.75 bits per heavy atom. The first-order chi connectivity index (χ1) is 20.0. The fraction of sp³-hybridized carbons (Fsp3) is 0.538. The number of hydrogen-bond donors (Lipinski definition) is 3. The number of anilines is 1. The van der Waals surface area contributed by atoms with Gasteiger partial charge in [-0.3, -0.25) is 4.90 Å². The summed E-state index contributed by atoms with van der Waals surface area (Å²) in [7, 11) is 0. The number of carboxylic acid groups (broad SMARTS) is 2. The number of aliphatic carboxylic acids is 2. The van der Waals surface area contributed by atoms with Crippen LogP contribution < -0.4 is 5.32 Å². The zero-order chi connectivity index (χ0) is 33.7. The maximum Gasteiger partial charge on any atom is 0.490 e. The lowest BCUT2D eigenvalue weighted by atomic mass is 9.60. The summed E-state index contributed by atoms with van der Waals surface area (Å²) in [4.78, 5) is 28.8. The Labute approximate surface area is 244 Å². The highest BCUT2D eigenvalue weighted by molar-refractivity contribution is 5.73. The lowest BCUT2D eigenvalue weighted by Crippen LogP contribution is -2.51. The molecule has 3 N–H and O–H groups in total. The van der Waals surface area contributed by atoms with Gasteiger partial charge in [-0.15, -0.1) is 0 Å². The van der Waals surface area contributed by atoms with Crippen LogP contribution in [0.15, 0.2) is 24.3 Å². The van der Waals surface area contributed by atoms with E-state index < -0.39 is 41.8 Å². The summed E-state index contributed by atoms with van der Waals surface area (Å²) in [5.41, 5.74) is 1.51. The summed E-state index contributed by atoms with van der Waals surface area (Å²) >= 11 is 0. The Kier molecular flexibility index (Phi) is 11.6. The SMILES string of the molecule is Cc1cc(C)nc(NC2CC3(CCN(Cc4ccc(F)c(C(F)(F)F)c4)CC3)C2)n1.O=C(O)C(F)(F)F.O=C(O)C(F)(F)F. The third-order valence-electron chi connectivity index (χ3n) is 6.82. The van der Waals surface area contributed by atoms with Crippen molar-refractivity contribution in [3.8, 4) is 0 Å². The zero-order valence-corrected chi connectivity index (χ0v) is 23.2. The van der Waals surface area contributed by atoms with Crippen molar-refractivity contribution in [1.29, 1.82) is 0 Å². The van der Waals surface area contributed by atoms with Crippen molar-refractivity contribution >= 4 is 17.9 Å². The van der Waals surface area contributed by atoms with Crippen molar-refractivity contribution in [2.45, 2.75) is 70.6 Å². The third kappa shape index (κ3) is 11.1. The van der Waals surface area contributed by atoms with Gasteiger partial charge in [0.25, 0.3) is 0 Å². The van der Waals surface area contributed by atoms with Crippen LogP contribution in [0.5, 0.6) is 0 Å². The molecule has 2 aromatic rings. The Balaban J connectivity index is 0.000000402. The van der Waals surface area contributed by atoms with Gasteiger partial charge in [-0.2, -0.15) is 39.5 Å². The molecule has 0 unspecified atom stereocenters. The van der Waals surface area contributed by atoms with Crippen LogP contribution in [-0.2, 0) is 22.3 Å². The smallest absolute Gasteiger partial charge is 0.475 e. The number of halogens is 10. The molecule has 0 amide bonds. The quantitative estimate of drug-likeness (QED) is 0.327. The molecule has 18 heteroatoms. The van der Waals surface area contributed by atoms with E-state index in [0.717, 1.165) is 62.3 Å². The molecule has 0 radical (unpaired) electrons. The van der Waals surface area contributed by atoms with E-state index in [0.29, 0.717) is 29.5 Å². The van der Waals surface area contributed by atoms with Crippen molar-refractivity contribution in [3.05, 3.63) is 52.6 Å². The minimum Gasteiger partial charge on any atom is -0.475 e. The molecule has 1 aromatic heterocycles. The van der Waals surface area contributed by atoms with Crippen molar-refractivity contribution in [2.75, 3.05) is 18.4 Å². The van der Waals surface area contributed by atoms with Gasteiger partial charge in [0.2, 0.25) is 5.95 Å². The number of rotatable bonds is 4. The van der Waals surface area contributed by atoms with Gasteiger partial charge < -0.3 is 15.5 Å². The van der Waals surface area contributed by atoms with Crippen molar-refractivity contribution in [1.82, 2.24) is 14.9 Å². The molecule has 44 heavy (non-hydrogen) atoms. The van der Waals surface area contributed by atoms with E-state index in [4.69, 9.17) is 19.8 Å². The second-order valence-corrected chi connectivity index (χ2v) is 10.4. The van der Waals surface area contributed by atoms with Crippen LogP contribution in [0.1, 0.15) is 48.2 Å². The van der Waals surface area contributed by atoms with Gasteiger partial charge >= 0.3 is 30.5 Å². The van der Waals surface area contributed by atoms with Crippen LogP contribution in [0.4, 0.5) is 49.9 Å². The second kappa shape index (κ2) is 13.9. The number of benzene rings is 1. The van der Waals surface area contributed by atoms with Crippen LogP contribution in [0.2, 0.25) is 0 Å². The van der Waals surface area contributed by atoms with E-state index >= 15 is 0 Å². The Bertz CT molecular complexity index is 1250. The summed E-state index contributed by atoms with van der Waals surface area (Å²) < 4.78 is 116. The number of nitrogens with one attached hydrogen (secondary N) is 1. The summed E-state index contributed by atoms with van der Waals surface area (Å²) in [6.07, 6.45) is -10.7. The molecule has 1 aliphatic heterocycles. The highest BCUT2D eigenvalue weighted by atomic mass is 19.4. The second-order valence-electron chi connectivity index (χ2n) is 10.4. The number of carboxylic acids is 2. The molecule has 0 atom stereocenters. The maximum absolute atomic E-state index is 13.5. The summed E-state index contributed by atoms with van der Waals surface area (Å²) in [5, 5.41) is 17.7. The van der Waals surface area contributed by atoms with Crippen LogP contribution in [0.3, 0.4) is 0 Å². The molecular formula is C26H28F10N4O4. The zero-order valence-electron chi connectivity index (χ0n) is 23.2. The van der Waals surface area contributed by atoms with Gasteiger partial charge in [-0.05, 0) is 81.8 Å². The Hall–Kier alpha value is -3.70. The molecule has 2 fully saturated rings. The number of aromatic nitrogens is 2. The number of hydrogen-bond acceptors (Lipinski definition) is 6. The first kappa shape index (κ1) is 36.5. The molecular weight excluding hydrogens is 622 g/mol. The number of aryl methyl sites for hydroxylation is 2. The minimum absolute atomic E-state index is 0.299. The summed E-state index contributed by atoms with van der Waals surface area (Å²) in [5.74, 6) is -6.05. The fourth-order valence-electron chi connectivity index (χ4n) is 4.80. The van der Waals surface area contributed by atoms with E-state index in [1.54, 1.807) is 0 Å². The Morgan fingerprint density at radius 1 is 0.886 bits per heavy atom. The molecule has 0 bridgehead atoms. The topological polar surface area (TPSA) is 116 Å². The van der Waals surface area contributed by atoms with E-state index in [2.05, 4.69) is 20.2 Å². The molecule has 246 valence electrons. The lowest BCUT2D eigenvalue weighted by Gasteiger charge is -2.52. The average Bonchev–Trinajstić information content (AvgIpc) is 2.84. The van der Waals surface area contributed by atoms with Crippen molar-refractivity contribution in [2.24, 2.45) is 5.41 Å². The van der Waals surface area contributed by atoms with E-state index in [1.807, 2.05) is 19.9 Å². The highest BCUT2D eigenvalue weighted by Gasteiger charge is 2.46. The number of likely N-dealkylation sites (tertiary alicyclic amines) is 1. The first-order valence-corrected chi connectivity index (χ1v) is 12.8. The first-order valence-electron chi connectivity index (χ1n) is 12.8. The van der Waals surface area contributed by atoms with E-state index in [9.17, 15) is 43.9 Å². The predicted octanol–water partition coefficient (Wildman–Crippen LogP) is 6.37. The summed E-state index contributed by atoms with van der Waals surface area (Å²) in [6.45, 7) is 6.00. The van der Waals surface area contributed by atoms with Gasteiger partial charge in [-0.25, -0.2) is 23.9 Å². The highest BCUT2D eigenvalue weighted by Crippen LogP contribution is 2.50. The fourth-order valence-corrected chi connectivity index (χ4v) is 4.80. The maximum atomic E-state index is 13.5. The normalized spacial score (nSPS) is 17.0. The molecule has 2 aliphatic rings. The third-order valence-corrected chi connectivity index (χ3v) is 6.82. The molecule has 8 nitrogen and oxygen atoms in total. The lowest BCUT2D eigenvalue weighted by molar-refractivity contribution is -0.193. The van der Waals surface area contributed by atoms with E-state index in [1.165, 1.54) is 6.07 Å². The largest absolute Gasteiger partial charge is 0.490 e. The molecule has 1 saturated carbocycles. The molecule has 1 spiro atoms. The monoisotopic (exact) mass is 650 g/mol. The van der Waals surface area contributed by atoms with Crippen LogP contribution >= 0.6 is 0 Å². The van der Waals surface area contributed by atoms with Gasteiger partial charge in [0.05, 0.1) is 5.56 Å². The number of piperidine rings is 1. The van der Waals surface area contributed by atoms with E-state index in [-0.39, 0.29) is 0 Å². The van der Waals surface area contributed by atoms with Gasteiger partial charge in [-0.1, -0.05) is 6.07 Å². The molecule has 1 aliphatic carbocycles. The van der Waals surface area contributed by atoms with Crippen molar-refractivity contribution in [3.63, 3.8) is 0 Å². The van der Waals surface area contributed by atoms with Crippen LogP contribution in [0, 0.1) is 25.1 Å². The van der Waals surface area contributed by atoms with Gasteiger partial charge in [0, 0.05) is 24.0 Å². The molecule has 2 heterocycles. The Morgan fingerprint density at radius 2 is 1.34 bits per heavy atom. The van der Waals surface area contributed by atoms with Crippen LogP contribution in [-0.4, -0.2) is 68.5 Å². The molecule has 1 aromatic carbocycles. The molecule has 4 rings (SSSR count). The number of carbonyl (C=O) groups is 2.